The van der Waals surface area contributed by atoms with Gasteiger partial charge in [0.15, 0.2) is 0 Å². The molecule has 0 aromatic carbocycles. The van der Waals surface area contributed by atoms with Crippen molar-refractivity contribution in [1.82, 2.24) is 4.90 Å². The molecule has 0 saturated carbocycles. The van der Waals surface area contributed by atoms with Gasteiger partial charge in [0.2, 0.25) is 5.91 Å². The van der Waals surface area contributed by atoms with Crippen molar-refractivity contribution in [1.29, 1.82) is 0 Å². The molecule has 0 fully saturated rings. The van der Waals surface area contributed by atoms with E-state index in [-0.39, 0.29) is 11.4 Å². The zero-order valence-electron chi connectivity index (χ0n) is 11.5. The summed E-state index contributed by atoms with van der Waals surface area (Å²) in [5, 5.41) is 0. The van der Waals surface area contributed by atoms with E-state index in [9.17, 15) is 4.79 Å². The van der Waals surface area contributed by atoms with Gasteiger partial charge in [0, 0.05) is 25.0 Å². The fourth-order valence-corrected chi connectivity index (χ4v) is 1.50. The van der Waals surface area contributed by atoms with Crippen LogP contribution in [0.15, 0.2) is 0 Å². The molecule has 0 bridgehead atoms. The molecule has 16 heavy (non-hydrogen) atoms. The summed E-state index contributed by atoms with van der Waals surface area (Å²) in [6.45, 7) is 12.0. The van der Waals surface area contributed by atoms with Crippen LogP contribution in [0.5, 0.6) is 0 Å². The van der Waals surface area contributed by atoms with Crippen LogP contribution in [0.4, 0.5) is 0 Å². The summed E-state index contributed by atoms with van der Waals surface area (Å²) in [5.41, 5.74) is 5.64. The van der Waals surface area contributed by atoms with E-state index in [2.05, 4.69) is 13.8 Å². The number of hydrogen-bond acceptors (Lipinski definition) is 2. The molecule has 96 valence electrons. The van der Waals surface area contributed by atoms with Gasteiger partial charge in [-0.25, -0.2) is 0 Å². The molecule has 2 N–H and O–H groups in total. The van der Waals surface area contributed by atoms with Gasteiger partial charge in [-0.2, -0.15) is 0 Å². The molecule has 0 aromatic rings. The lowest BCUT2D eigenvalue weighted by molar-refractivity contribution is -0.132. The summed E-state index contributed by atoms with van der Waals surface area (Å²) in [7, 11) is 0. The number of amides is 1. The molecule has 0 aliphatic rings. The molecule has 1 unspecified atom stereocenters. The number of nitrogens with zero attached hydrogens (tertiary/aromatic N) is 1. The van der Waals surface area contributed by atoms with Crippen molar-refractivity contribution in [2.24, 2.45) is 11.7 Å². The summed E-state index contributed by atoms with van der Waals surface area (Å²) >= 11 is 0. The Balaban J connectivity index is 4.11. The monoisotopic (exact) mass is 228 g/mol. The minimum Gasteiger partial charge on any atom is -0.343 e. The van der Waals surface area contributed by atoms with Gasteiger partial charge in [-0.15, -0.1) is 0 Å². The zero-order valence-corrected chi connectivity index (χ0v) is 11.5. The van der Waals surface area contributed by atoms with E-state index >= 15 is 0 Å². The lowest BCUT2D eigenvalue weighted by atomic mass is 9.99. The minimum absolute atomic E-state index is 0.237. The van der Waals surface area contributed by atoms with E-state index in [0.29, 0.717) is 12.3 Å². The van der Waals surface area contributed by atoms with Crippen molar-refractivity contribution in [3.8, 4) is 0 Å². The van der Waals surface area contributed by atoms with E-state index in [1.807, 2.05) is 25.7 Å². The highest BCUT2D eigenvalue weighted by atomic mass is 16.2. The topological polar surface area (TPSA) is 46.3 Å². The smallest absolute Gasteiger partial charge is 0.222 e. The first-order valence-electron chi connectivity index (χ1n) is 6.36. The van der Waals surface area contributed by atoms with Crippen LogP contribution in [0.2, 0.25) is 0 Å². The molecule has 0 heterocycles. The second kappa shape index (κ2) is 6.89. The zero-order chi connectivity index (χ0) is 12.8. The second-order valence-electron chi connectivity index (χ2n) is 5.43. The van der Waals surface area contributed by atoms with Crippen molar-refractivity contribution in [3.05, 3.63) is 0 Å². The van der Waals surface area contributed by atoms with Gasteiger partial charge in [0.05, 0.1) is 0 Å². The van der Waals surface area contributed by atoms with Crippen molar-refractivity contribution in [2.75, 3.05) is 13.1 Å². The first-order chi connectivity index (χ1) is 7.30. The highest BCUT2D eigenvalue weighted by molar-refractivity contribution is 5.76. The number of rotatable bonds is 7. The van der Waals surface area contributed by atoms with E-state index in [1.165, 1.54) is 0 Å². The summed E-state index contributed by atoms with van der Waals surface area (Å²) in [6.07, 6.45) is 2.43. The lowest BCUT2D eigenvalue weighted by Gasteiger charge is -2.26. The Morgan fingerprint density at radius 1 is 1.38 bits per heavy atom. The van der Waals surface area contributed by atoms with Crippen LogP contribution in [0.1, 0.15) is 53.9 Å². The van der Waals surface area contributed by atoms with E-state index in [1.54, 1.807) is 0 Å². The molecule has 0 aliphatic heterocycles. The molecule has 0 radical (unpaired) electrons. The van der Waals surface area contributed by atoms with Crippen LogP contribution < -0.4 is 5.73 Å². The fraction of sp³-hybridized carbons (Fsp3) is 0.923. The molecule has 0 aliphatic carbocycles. The van der Waals surface area contributed by atoms with Crippen molar-refractivity contribution in [2.45, 2.75) is 59.4 Å². The maximum Gasteiger partial charge on any atom is 0.222 e. The Morgan fingerprint density at radius 3 is 2.31 bits per heavy atom. The van der Waals surface area contributed by atoms with E-state index in [4.69, 9.17) is 5.73 Å². The number of hydrogen-bond donors (Lipinski definition) is 1. The van der Waals surface area contributed by atoms with Gasteiger partial charge in [0.1, 0.15) is 0 Å². The maximum absolute atomic E-state index is 11.9. The molecule has 0 spiro atoms. The van der Waals surface area contributed by atoms with Gasteiger partial charge < -0.3 is 10.6 Å². The largest absolute Gasteiger partial charge is 0.343 e. The number of carbonyl (C=O) groups is 1. The third-order valence-electron chi connectivity index (χ3n) is 2.95. The third kappa shape index (κ3) is 6.83. The SMILES string of the molecule is CCC(C)CN(CC)C(=O)CCC(C)(C)N. The fourth-order valence-electron chi connectivity index (χ4n) is 1.50. The van der Waals surface area contributed by atoms with Gasteiger partial charge in [-0.3, -0.25) is 4.79 Å². The number of carbonyl (C=O) groups excluding carboxylic acids is 1. The molecular formula is C13H28N2O. The second-order valence-corrected chi connectivity index (χ2v) is 5.43. The molecule has 3 nitrogen and oxygen atoms in total. The molecule has 0 saturated heterocycles. The third-order valence-corrected chi connectivity index (χ3v) is 2.95. The van der Waals surface area contributed by atoms with Crippen LogP contribution in [0.25, 0.3) is 0 Å². The van der Waals surface area contributed by atoms with Gasteiger partial charge in [-0.05, 0) is 33.1 Å². The highest BCUT2D eigenvalue weighted by Crippen LogP contribution is 2.11. The Bertz CT molecular complexity index is 208. The van der Waals surface area contributed by atoms with Crippen molar-refractivity contribution < 1.29 is 4.79 Å². The molecule has 0 rings (SSSR count). The van der Waals surface area contributed by atoms with Crippen molar-refractivity contribution in [3.63, 3.8) is 0 Å². The van der Waals surface area contributed by atoms with E-state index < -0.39 is 0 Å². The minimum atomic E-state index is -0.245. The van der Waals surface area contributed by atoms with Crippen LogP contribution in [-0.4, -0.2) is 29.4 Å². The normalized spacial score (nSPS) is 13.6. The molecule has 0 aromatic heterocycles. The molecule has 3 heteroatoms. The predicted octanol–water partition coefficient (Wildman–Crippen LogP) is 2.40. The van der Waals surface area contributed by atoms with Gasteiger partial charge in [0.25, 0.3) is 0 Å². The Morgan fingerprint density at radius 2 is 1.94 bits per heavy atom. The van der Waals surface area contributed by atoms with Crippen LogP contribution in [-0.2, 0) is 4.79 Å². The predicted molar refractivity (Wildman–Crippen MR) is 69.2 cm³/mol. The maximum atomic E-state index is 11.9. The summed E-state index contributed by atoms with van der Waals surface area (Å²) in [4.78, 5) is 13.9. The van der Waals surface area contributed by atoms with Crippen LogP contribution >= 0.6 is 0 Å². The Hall–Kier alpha value is -0.570. The summed E-state index contributed by atoms with van der Waals surface area (Å²) in [6, 6.07) is 0. The quantitative estimate of drug-likeness (QED) is 0.727. The Kier molecular flexibility index (Phi) is 6.65. The van der Waals surface area contributed by atoms with Gasteiger partial charge >= 0.3 is 0 Å². The average molecular weight is 228 g/mol. The molecule has 1 atom stereocenters. The van der Waals surface area contributed by atoms with Crippen LogP contribution in [0.3, 0.4) is 0 Å². The van der Waals surface area contributed by atoms with Crippen molar-refractivity contribution >= 4 is 5.91 Å². The lowest BCUT2D eigenvalue weighted by Crippen LogP contribution is -2.38. The van der Waals surface area contributed by atoms with Crippen LogP contribution in [0, 0.1) is 5.92 Å². The summed E-state index contributed by atoms with van der Waals surface area (Å²) in [5.74, 6) is 0.816. The average Bonchev–Trinajstić information content (AvgIpc) is 2.21. The van der Waals surface area contributed by atoms with Gasteiger partial charge in [-0.1, -0.05) is 20.3 Å². The first-order valence-corrected chi connectivity index (χ1v) is 6.36. The standard InChI is InChI=1S/C13H28N2O/c1-6-11(3)10-15(7-2)12(16)8-9-13(4,5)14/h11H,6-10,14H2,1-5H3. The number of nitrogens with two attached hydrogens (primary N) is 1. The highest BCUT2D eigenvalue weighted by Gasteiger charge is 2.18. The van der Waals surface area contributed by atoms with E-state index in [0.717, 1.165) is 25.9 Å². The first kappa shape index (κ1) is 15.4. The summed E-state index contributed by atoms with van der Waals surface area (Å²) < 4.78 is 0. The Labute approximate surface area is 100 Å². The molecule has 1 amide bonds. The molecular weight excluding hydrogens is 200 g/mol.